The molecule has 0 aliphatic carbocycles. The number of carbonyl (C=O) groups excluding carboxylic acids is 2. The SMILES string of the molecule is COCCCNC(=O)CN(C)CC(=O)c1cc(C)n(-c2ccc(S(N)(=O)=O)cc2)c1C. The number of amides is 1. The van der Waals surface area contributed by atoms with E-state index in [1.807, 2.05) is 18.4 Å². The molecule has 0 fully saturated rings. The summed E-state index contributed by atoms with van der Waals surface area (Å²) in [6.07, 6.45) is 0.731. The lowest BCUT2D eigenvalue weighted by Crippen LogP contribution is -2.38. The Bertz CT molecular complexity index is 1030. The third-order valence-electron chi connectivity index (χ3n) is 4.83. The maximum atomic E-state index is 12.8. The van der Waals surface area contributed by atoms with Crippen LogP contribution in [-0.2, 0) is 19.6 Å². The molecular weight excluding hydrogens is 420 g/mol. The minimum Gasteiger partial charge on any atom is -0.385 e. The highest BCUT2D eigenvalue weighted by Gasteiger charge is 2.19. The molecule has 2 aromatic rings. The van der Waals surface area contributed by atoms with Gasteiger partial charge < -0.3 is 14.6 Å². The number of primary sulfonamides is 1. The summed E-state index contributed by atoms with van der Waals surface area (Å²) in [7, 11) is -0.442. The van der Waals surface area contributed by atoms with Crippen molar-refractivity contribution in [3.05, 3.63) is 47.3 Å². The molecule has 0 bridgehead atoms. The van der Waals surface area contributed by atoms with Crippen molar-refractivity contribution in [2.24, 2.45) is 5.14 Å². The fraction of sp³-hybridized carbons (Fsp3) is 0.429. The van der Waals surface area contributed by atoms with Crippen molar-refractivity contribution in [3.8, 4) is 5.69 Å². The maximum absolute atomic E-state index is 12.8. The average Bonchev–Trinajstić information content (AvgIpc) is 2.99. The highest BCUT2D eigenvalue weighted by molar-refractivity contribution is 7.89. The third kappa shape index (κ3) is 6.73. The van der Waals surface area contributed by atoms with Gasteiger partial charge in [-0.15, -0.1) is 0 Å². The van der Waals surface area contributed by atoms with E-state index in [0.717, 1.165) is 23.5 Å². The zero-order chi connectivity index (χ0) is 23.2. The molecule has 1 aromatic heterocycles. The summed E-state index contributed by atoms with van der Waals surface area (Å²) in [6, 6.07) is 7.96. The fourth-order valence-electron chi connectivity index (χ4n) is 3.36. The first-order chi connectivity index (χ1) is 14.5. The van der Waals surface area contributed by atoms with Gasteiger partial charge in [0, 0.05) is 42.9 Å². The van der Waals surface area contributed by atoms with Crippen LogP contribution in [0.15, 0.2) is 35.2 Å². The Morgan fingerprint density at radius 1 is 1.16 bits per heavy atom. The molecular formula is C21H30N4O5S. The number of ketones is 1. The van der Waals surface area contributed by atoms with Crippen LogP contribution in [0, 0.1) is 13.8 Å². The van der Waals surface area contributed by atoms with Crippen molar-refractivity contribution in [2.45, 2.75) is 25.2 Å². The maximum Gasteiger partial charge on any atom is 0.238 e. The van der Waals surface area contributed by atoms with Crippen molar-refractivity contribution in [1.82, 2.24) is 14.8 Å². The Morgan fingerprint density at radius 2 is 1.81 bits per heavy atom. The number of benzene rings is 1. The lowest BCUT2D eigenvalue weighted by atomic mass is 10.1. The van der Waals surface area contributed by atoms with Crippen molar-refractivity contribution in [2.75, 3.05) is 40.4 Å². The Labute approximate surface area is 183 Å². The number of rotatable bonds is 11. The summed E-state index contributed by atoms with van der Waals surface area (Å²) in [5.41, 5.74) is 2.86. The zero-order valence-corrected chi connectivity index (χ0v) is 19.2. The van der Waals surface area contributed by atoms with E-state index in [0.29, 0.717) is 18.7 Å². The second-order valence-electron chi connectivity index (χ2n) is 7.45. The van der Waals surface area contributed by atoms with E-state index in [1.54, 1.807) is 37.3 Å². The number of hydrogen-bond acceptors (Lipinski definition) is 6. The number of Topliss-reactive ketones (excluding diaryl/α,β-unsaturated/α-hetero) is 1. The highest BCUT2D eigenvalue weighted by Crippen LogP contribution is 2.22. The molecule has 0 saturated heterocycles. The molecule has 1 amide bonds. The molecule has 0 atom stereocenters. The first-order valence-electron chi connectivity index (χ1n) is 9.84. The van der Waals surface area contributed by atoms with Crippen LogP contribution in [0.4, 0.5) is 0 Å². The first-order valence-corrected chi connectivity index (χ1v) is 11.4. The van der Waals surface area contributed by atoms with Gasteiger partial charge in [0.25, 0.3) is 0 Å². The molecule has 0 unspecified atom stereocenters. The van der Waals surface area contributed by atoms with Gasteiger partial charge in [-0.2, -0.15) is 0 Å². The average molecular weight is 451 g/mol. The van der Waals surface area contributed by atoms with Crippen LogP contribution in [0.2, 0.25) is 0 Å². The molecule has 1 aromatic carbocycles. The van der Waals surface area contributed by atoms with E-state index in [-0.39, 0.29) is 29.7 Å². The Balaban J connectivity index is 2.07. The Hall–Kier alpha value is -2.53. The molecule has 2 rings (SSSR count). The van der Waals surface area contributed by atoms with Gasteiger partial charge >= 0.3 is 0 Å². The molecule has 9 nitrogen and oxygen atoms in total. The molecule has 0 aliphatic heterocycles. The van der Waals surface area contributed by atoms with Crippen LogP contribution in [-0.4, -0.2) is 70.0 Å². The normalized spacial score (nSPS) is 11.7. The van der Waals surface area contributed by atoms with Crippen molar-refractivity contribution >= 4 is 21.7 Å². The van der Waals surface area contributed by atoms with Gasteiger partial charge in [-0.3, -0.25) is 14.5 Å². The number of hydrogen-bond donors (Lipinski definition) is 2. The van der Waals surface area contributed by atoms with Crippen molar-refractivity contribution in [3.63, 3.8) is 0 Å². The lowest BCUT2D eigenvalue weighted by molar-refractivity contribution is -0.121. The van der Waals surface area contributed by atoms with Gasteiger partial charge in [-0.05, 0) is 57.6 Å². The van der Waals surface area contributed by atoms with E-state index in [1.165, 1.54) is 12.1 Å². The summed E-state index contributed by atoms with van der Waals surface area (Å²) in [6.45, 7) is 5.02. The third-order valence-corrected chi connectivity index (χ3v) is 5.76. The van der Waals surface area contributed by atoms with E-state index in [2.05, 4.69) is 5.32 Å². The van der Waals surface area contributed by atoms with Gasteiger partial charge in [0.1, 0.15) is 0 Å². The number of likely N-dealkylation sites (N-methyl/N-ethyl adjacent to an activating group) is 1. The van der Waals surface area contributed by atoms with Crippen LogP contribution in [0.5, 0.6) is 0 Å². The van der Waals surface area contributed by atoms with Crippen LogP contribution < -0.4 is 10.5 Å². The number of ether oxygens (including phenoxy) is 1. The van der Waals surface area contributed by atoms with Crippen LogP contribution in [0.1, 0.15) is 28.2 Å². The van der Waals surface area contributed by atoms with Crippen molar-refractivity contribution < 1.29 is 22.7 Å². The highest BCUT2D eigenvalue weighted by atomic mass is 32.2. The first kappa shape index (κ1) is 24.7. The molecule has 0 radical (unpaired) electrons. The Morgan fingerprint density at radius 3 is 2.39 bits per heavy atom. The van der Waals surface area contributed by atoms with Gasteiger partial charge in [-0.1, -0.05) is 0 Å². The van der Waals surface area contributed by atoms with Crippen molar-refractivity contribution in [1.29, 1.82) is 0 Å². The summed E-state index contributed by atoms with van der Waals surface area (Å²) in [5, 5.41) is 7.95. The number of aryl methyl sites for hydroxylation is 1. The van der Waals surface area contributed by atoms with Crippen LogP contribution in [0.3, 0.4) is 0 Å². The number of carbonyl (C=O) groups is 2. The number of sulfonamides is 1. The molecule has 31 heavy (non-hydrogen) atoms. The predicted octanol–water partition coefficient (Wildman–Crippen LogP) is 1.01. The van der Waals surface area contributed by atoms with Gasteiger partial charge in [0.15, 0.2) is 5.78 Å². The molecule has 0 saturated carbocycles. The second-order valence-corrected chi connectivity index (χ2v) is 9.01. The predicted molar refractivity (Wildman–Crippen MR) is 118 cm³/mol. The Kier molecular flexibility index (Phi) is 8.52. The minimum atomic E-state index is -3.77. The van der Waals surface area contributed by atoms with E-state index in [4.69, 9.17) is 9.88 Å². The fourth-order valence-corrected chi connectivity index (χ4v) is 3.87. The van der Waals surface area contributed by atoms with E-state index in [9.17, 15) is 18.0 Å². The monoisotopic (exact) mass is 450 g/mol. The number of nitrogens with one attached hydrogen (secondary N) is 1. The molecule has 10 heteroatoms. The summed E-state index contributed by atoms with van der Waals surface area (Å²) < 4.78 is 29.7. The quantitative estimate of drug-likeness (QED) is 0.389. The van der Waals surface area contributed by atoms with Crippen LogP contribution >= 0.6 is 0 Å². The topological polar surface area (TPSA) is 124 Å². The second kappa shape index (κ2) is 10.7. The number of nitrogens with two attached hydrogens (primary N) is 1. The number of methoxy groups -OCH3 is 1. The molecule has 3 N–H and O–H groups in total. The molecule has 170 valence electrons. The zero-order valence-electron chi connectivity index (χ0n) is 18.3. The lowest BCUT2D eigenvalue weighted by Gasteiger charge is -2.16. The van der Waals surface area contributed by atoms with E-state index < -0.39 is 10.0 Å². The van der Waals surface area contributed by atoms with Gasteiger partial charge in [-0.25, -0.2) is 13.6 Å². The standard InChI is InChI=1S/C21H30N4O5S/c1-15-12-19(20(26)13-24(3)14-21(27)23-10-5-11-30-4)16(2)25(15)17-6-8-18(9-7-17)31(22,28)29/h6-9,12H,5,10-11,13-14H2,1-4H3,(H,23,27)(H2,22,28,29). The van der Waals surface area contributed by atoms with Gasteiger partial charge in [0.05, 0.1) is 18.0 Å². The molecule has 0 aliphatic rings. The summed E-state index contributed by atoms with van der Waals surface area (Å²) >= 11 is 0. The summed E-state index contributed by atoms with van der Waals surface area (Å²) in [4.78, 5) is 26.5. The molecule has 1 heterocycles. The molecule has 0 spiro atoms. The van der Waals surface area contributed by atoms with Gasteiger partial charge in [0.2, 0.25) is 15.9 Å². The van der Waals surface area contributed by atoms with E-state index >= 15 is 0 Å². The van der Waals surface area contributed by atoms with Crippen LogP contribution in [0.25, 0.3) is 5.69 Å². The largest absolute Gasteiger partial charge is 0.385 e. The number of aromatic nitrogens is 1. The minimum absolute atomic E-state index is 0.0251. The smallest absolute Gasteiger partial charge is 0.238 e. The summed E-state index contributed by atoms with van der Waals surface area (Å²) in [5.74, 6) is -0.248. The number of nitrogens with zero attached hydrogens (tertiary/aromatic N) is 2.